The predicted molar refractivity (Wildman–Crippen MR) is 105 cm³/mol. The smallest absolute Gasteiger partial charge is 0.0846 e. The van der Waals surface area contributed by atoms with Crippen LogP contribution in [-0.2, 0) is 12.0 Å². The third kappa shape index (κ3) is 4.53. The van der Waals surface area contributed by atoms with E-state index in [2.05, 4.69) is 31.7 Å². The Hall–Kier alpha value is -1.02. The van der Waals surface area contributed by atoms with Crippen LogP contribution in [0.25, 0.3) is 0 Å². The summed E-state index contributed by atoms with van der Waals surface area (Å²) in [6.45, 7) is 12.8. The predicted octanol–water partition coefficient (Wildman–Crippen LogP) is 5.64. The maximum Gasteiger partial charge on any atom is 0.0846 e. The minimum absolute atomic E-state index is 0.780. The van der Waals surface area contributed by atoms with Crippen molar-refractivity contribution in [2.45, 2.75) is 91.6 Å². The summed E-state index contributed by atoms with van der Waals surface area (Å²) in [7, 11) is 0. The molecule has 136 valence electrons. The molecule has 1 fully saturated rings. The molecule has 1 N–H and O–H groups in total. The summed E-state index contributed by atoms with van der Waals surface area (Å²) >= 11 is 0. The van der Waals surface area contributed by atoms with Crippen LogP contribution in [0.15, 0.2) is 6.07 Å². The first-order valence-corrected chi connectivity index (χ1v) is 9.97. The minimum atomic E-state index is -0.780. The van der Waals surface area contributed by atoms with Gasteiger partial charge in [0.1, 0.15) is 0 Å². The molecule has 2 rings (SSSR count). The molecule has 1 aliphatic rings. The fraction of sp³-hybridized carbons (Fsp3) is 0.727. The van der Waals surface area contributed by atoms with Crippen LogP contribution in [0.3, 0.4) is 0 Å². The Kier molecular flexibility index (Phi) is 6.74. The monoisotopic (exact) mass is 331 g/mol. The van der Waals surface area contributed by atoms with Gasteiger partial charge in [0, 0.05) is 18.8 Å². The summed E-state index contributed by atoms with van der Waals surface area (Å²) in [6, 6.07) is 2.43. The van der Waals surface area contributed by atoms with Crippen molar-refractivity contribution in [1.29, 1.82) is 0 Å². The second-order valence-corrected chi connectivity index (χ2v) is 8.10. The molecule has 2 heteroatoms. The van der Waals surface area contributed by atoms with Gasteiger partial charge in [-0.25, -0.2) is 0 Å². The van der Waals surface area contributed by atoms with Crippen LogP contribution in [0.2, 0.25) is 0 Å². The van der Waals surface area contributed by atoms with Crippen LogP contribution >= 0.6 is 0 Å². The molecule has 2 nitrogen and oxygen atoms in total. The lowest BCUT2D eigenvalue weighted by Gasteiger charge is -2.34. The number of hydrogen-bond acceptors (Lipinski definition) is 2. The highest BCUT2D eigenvalue weighted by Gasteiger charge is 2.26. The summed E-state index contributed by atoms with van der Waals surface area (Å²) in [6.07, 6.45) is 10.2. The molecule has 0 amide bonds. The largest absolute Gasteiger partial charge is 0.386 e. The van der Waals surface area contributed by atoms with E-state index in [1.807, 2.05) is 13.8 Å². The van der Waals surface area contributed by atoms with E-state index < -0.39 is 5.60 Å². The molecule has 0 aromatic heterocycles. The summed E-state index contributed by atoms with van der Waals surface area (Å²) in [5, 5.41) is 10.8. The minimum Gasteiger partial charge on any atom is -0.386 e. The van der Waals surface area contributed by atoms with Crippen LogP contribution in [0.5, 0.6) is 0 Å². The Morgan fingerprint density at radius 3 is 2.25 bits per heavy atom. The standard InChI is InChI=1S/C22H37NO/c1-6-7-8-10-13-19-16-20(23-14-11-9-12-15-23)18(3)21(17(19)2)22(4,5)24/h16,24H,6-15H2,1-5H3. The molecular weight excluding hydrogens is 294 g/mol. The van der Waals surface area contributed by atoms with Gasteiger partial charge in [-0.05, 0) is 88.1 Å². The highest BCUT2D eigenvalue weighted by Crippen LogP contribution is 2.37. The van der Waals surface area contributed by atoms with E-state index in [0.717, 1.165) is 25.1 Å². The maximum absolute atomic E-state index is 10.8. The lowest BCUT2D eigenvalue weighted by molar-refractivity contribution is 0.0772. The van der Waals surface area contributed by atoms with E-state index in [4.69, 9.17) is 0 Å². The van der Waals surface area contributed by atoms with E-state index in [1.54, 1.807) is 0 Å². The Morgan fingerprint density at radius 1 is 1.00 bits per heavy atom. The zero-order valence-corrected chi connectivity index (χ0v) is 16.5. The Morgan fingerprint density at radius 2 is 1.67 bits per heavy atom. The zero-order chi connectivity index (χ0) is 17.7. The number of unbranched alkanes of at least 4 members (excludes halogenated alkanes) is 3. The third-order valence-electron chi connectivity index (χ3n) is 5.54. The lowest BCUT2D eigenvalue weighted by atomic mass is 9.84. The van der Waals surface area contributed by atoms with Crippen LogP contribution in [-0.4, -0.2) is 18.2 Å². The van der Waals surface area contributed by atoms with Gasteiger partial charge in [-0.15, -0.1) is 0 Å². The highest BCUT2D eigenvalue weighted by molar-refractivity contribution is 5.62. The van der Waals surface area contributed by atoms with E-state index in [-0.39, 0.29) is 0 Å². The second kappa shape index (κ2) is 8.38. The molecule has 1 aliphatic heterocycles. The van der Waals surface area contributed by atoms with E-state index in [0.29, 0.717) is 0 Å². The Bertz CT molecular complexity index is 536. The number of anilines is 1. The molecule has 0 spiro atoms. The van der Waals surface area contributed by atoms with Gasteiger partial charge in [0.25, 0.3) is 0 Å². The van der Waals surface area contributed by atoms with Crippen molar-refractivity contribution in [2.75, 3.05) is 18.0 Å². The normalized spacial score (nSPS) is 15.8. The first kappa shape index (κ1) is 19.3. The molecule has 0 saturated carbocycles. The molecule has 0 bridgehead atoms. The Labute approximate surface area is 149 Å². The average molecular weight is 332 g/mol. The molecule has 24 heavy (non-hydrogen) atoms. The van der Waals surface area contributed by atoms with Gasteiger partial charge in [0.05, 0.1) is 5.60 Å². The van der Waals surface area contributed by atoms with Crippen LogP contribution in [0, 0.1) is 13.8 Å². The SMILES string of the molecule is CCCCCCc1cc(N2CCCCC2)c(C)c(C(C)(C)O)c1C. The number of benzene rings is 1. The van der Waals surface area contributed by atoms with Gasteiger partial charge in [-0.1, -0.05) is 26.2 Å². The van der Waals surface area contributed by atoms with Crippen LogP contribution in [0.1, 0.15) is 88.0 Å². The van der Waals surface area contributed by atoms with Crippen molar-refractivity contribution in [3.8, 4) is 0 Å². The molecule has 1 aromatic carbocycles. The second-order valence-electron chi connectivity index (χ2n) is 8.10. The molecule has 1 heterocycles. The van der Waals surface area contributed by atoms with Crippen molar-refractivity contribution >= 4 is 5.69 Å². The topological polar surface area (TPSA) is 23.5 Å². The van der Waals surface area contributed by atoms with E-state index >= 15 is 0 Å². The van der Waals surface area contributed by atoms with Crippen LogP contribution in [0.4, 0.5) is 5.69 Å². The van der Waals surface area contributed by atoms with Gasteiger partial charge < -0.3 is 10.0 Å². The molecular formula is C22H37NO. The van der Waals surface area contributed by atoms with Crippen molar-refractivity contribution in [2.24, 2.45) is 0 Å². The van der Waals surface area contributed by atoms with Crippen molar-refractivity contribution in [1.82, 2.24) is 0 Å². The Balaban J connectivity index is 2.38. The van der Waals surface area contributed by atoms with Crippen LogP contribution < -0.4 is 4.90 Å². The molecule has 0 atom stereocenters. The highest BCUT2D eigenvalue weighted by atomic mass is 16.3. The molecule has 0 unspecified atom stereocenters. The molecule has 0 radical (unpaired) electrons. The number of piperidine rings is 1. The van der Waals surface area contributed by atoms with Crippen molar-refractivity contribution in [3.05, 3.63) is 28.3 Å². The number of aliphatic hydroxyl groups is 1. The molecule has 1 saturated heterocycles. The lowest BCUT2D eigenvalue weighted by Crippen LogP contribution is -2.31. The summed E-state index contributed by atoms with van der Waals surface area (Å²) in [4.78, 5) is 2.54. The zero-order valence-electron chi connectivity index (χ0n) is 16.5. The van der Waals surface area contributed by atoms with Gasteiger partial charge >= 0.3 is 0 Å². The first-order valence-electron chi connectivity index (χ1n) is 9.97. The van der Waals surface area contributed by atoms with E-state index in [1.165, 1.54) is 67.3 Å². The fourth-order valence-electron chi connectivity index (χ4n) is 4.33. The van der Waals surface area contributed by atoms with Gasteiger partial charge in [0.15, 0.2) is 0 Å². The molecule has 1 aromatic rings. The number of nitrogens with zero attached hydrogens (tertiary/aromatic N) is 1. The van der Waals surface area contributed by atoms with Gasteiger partial charge in [0.2, 0.25) is 0 Å². The van der Waals surface area contributed by atoms with Gasteiger partial charge in [-0.3, -0.25) is 0 Å². The average Bonchev–Trinajstić information content (AvgIpc) is 2.53. The first-order chi connectivity index (χ1) is 11.4. The summed E-state index contributed by atoms with van der Waals surface area (Å²) in [5.74, 6) is 0. The summed E-state index contributed by atoms with van der Waals surface area (Å²) < 4.78 is 0. The number of aryl methyl sites for hydroxylation is 1. The quantitative estimate of drug-likeness (QED) is 0.653. The fourth-order valence-corrected chi connectivity index (χ4v) is 4.33. The maximum atomic E-state index is 10.8. The number of hydrogen-bond donors (Lipinski definition) is 1. The van der Waals surface area contributed by atoms with Crippen molar-refractivity contribution < 1.29 is 5.11 Å². The summed E-state index contributed by atoms with van der Waals surface area (Å²) in [5.41, 5.74) is 5.75. The third-order valence-corrected chi connectivity index (χ3v) is 5.54. The van der Waals surface area contributed by atoms with E-state index in [9.17, 15) is 5.11 Å². The van der Waals surface area contributed by atoms with Crippen molar-refractivity contribution in [3.63, 3.8) is 0 Å². The number of rotatable bonds is 7. The molecule has 0 aliphatic carbocycles. The van der Waals surface area contributed by atoms with Gasteiger partial charge in [-0.2, -0.15) is 0 Å².